The van der Waals surface area contributed by atoms with Crippen LogP contribution in [0.4, 0.5) is 4.39 Å². The molecule has 0 aliphatic rings. The molecule has 0 bridgehead atoms. The van der Waals surface area contributed by atoms with E-state index in [1.54, 1.807) is 6.07 Å². The number of aryl methyl sites for hydroxylation is 2. The molecule has 0 unspecified atom stereocenters. The Morgan fingerprint density at radius 1 is 1.19 bits per heavy atom. The van der Waals surface area contributed by atoms with Crippen molar-refractivity contribution in [1.29, 1.82) is 0 Å². The molecule has 0 saturated heterocycles. The fourth-order valence-electron chi connectivity index (χ4n) is 2.98. The molecule has 1 heterocycles. The van der Waals surface area contributed by atoms with E-state index in [-0.39, 0.29) is 30.9 Å². The lowest BCUT2D eigenvalue weighted by molar-refractivity contribution is 0.209. The quantitative estimate of drug-likeness (QED) is 0.747. The predicted octanol–water partition coefficient (Wildman–Crippen LogP) is 4.01. The summed E-state index contributed by atoms with van der Waals surface area (Å²) < 4.78 is 19.9. The van der Waals surface area contributed by atoms with Crippen molar-refractivity contribution in [1.82, 2.24) is 10.3 Å². The van der Waals surface area contributed by atoms with E-state index in [9.17, 15) is 9.50 Å². The number of nitrogens with one attached hydrogen (secondary N) is 1. The first-order valence-corrected chi connectivity index (χ1v) is 9.11. The molecule has 0 spiro atoms. The number of hydrogen-bond donors (Lipinski definition) is 2. The number of benzene rings is 1. The summed E-state index contributed by atoms with van der Waals surface area (Å²) >= 11 is 0. The van der Waals surface area contributed by atoms with Gasteiger partial charge in [0.1, 0.15) is 11.6 Å². The molecule has 26 heavy (non-hydrogen) atoms. The highest BCUT2D eigenvalue weighted by atomic mass is 19.1. The molecular formula is C21H29FN2O2. The molecule has 4 nitrogen and oxygen atoms in total. The molecule has 0 fully saturated rings. The minimum Gasteiger partial charge on any atom is -0.493 e. The van der Waals surface area contributed by atoms with Gasteiger partial charge in [0.2, 0.25) is 0 Å². The van der Waals surface area contributed by atoms with Gasteiger partial charge in [0.15, 0.2) is 0 Å². The fourth-order valence-corrected chi connectivity index (χ4v) is 2.98. The first-order valence-electron chi connectivity index (χ1n) is 9.11. The molecule has 0 aliphatic heterocycles. The van der Waals surface area contributed by atoms with Crippen LogP contribution in [0.3, 0.4) is 0 Å². The Bertz CT molecular complexity index is 724. The summed E-state index contributed by atoms with van der Waals surface area (Å²) in [6.07, 6.45) is 0. The highest BCUT2D eigenvalue weighted by molar-refractivity contribution is 5.64. The number of ether oxygens (including phenoxy) is 1. The van der Waals surface area contributed by atoms with E-state index in [2.05, 4.69) is 10.3 Å². The second-order valence-electron chi connectivity index (χ2n) is 6.91. The van der Waals surface area contributed by atoms with Crippen LogP contribution in [0.25, 0.3) is 11.3 Å². The van der Waals surface area contributed by atoms with Gasteiger partial charge in [0.25, 0.3) is 0 Å². The van der Waals surface area contributed by atoms with Crippen LogP contribution in [-0.4, -0.2) is 29.3 Å². The standard InChI is InChI=1S/C21H29FN2O2/c1-6-26-21-14(4)9-16(10-15(21)5)18-8-7-17(22)19(24-18)11-23-20(12-25)13(2)3/h7-10,13,20,23,25H,6,11-12H2,1-5H3/t20-/m0/s1. The Balaban J connectivity index is 2.29. The second kappa shape index (κ2) is 9.10. The van der Waals surface area contributed by atoms with Crippen molar-refractivity contribution in [3.63, 3.8) is 0 Å². The maximum absolute atomic E-state index is 14.2. The minimum absolute atomic E-state index is 0.0102. The zero-order valence-electron chi connectivity index (χ0n) is 16.3. The zero-order chi connectivity index (χ0) is 19.3. The van der Waals surface area contributed by atoms with E-state index in [1.807, 2.05) is 46.8 Å². The summed E-state index contributed by atoms with van der Waals surface area (Å²) in [4.78, 5) is 4.51. The topological polar surface area (TPSA) is 54.4 Å². The van der Waals surface area contributed by atoms with Crippen molar-refractivity contribution in [3.05, 3.63) is 46.9 Å². The third-order valence-corrected chi connectivity index (χ3v) is 4.50. The molecule has 1 atom stereocenters. The summed E-state index contributed by atoms with van der Waals surface area (Å²) in [7, 11) is 0. The van der Waals surface area contributed by atoms with Crippen molar-refractivity contribution in [2.75, 3.05) is 13.2 Å². The number of rotatable bonds is 8. The van der Waals surface area contributed by atoms with Crippen LogP contribution in [-0.2, 0) is 6.54 Å². The Labute approximate surface area is 155 Å². The zero-order valence-corrected chi connectivity index (χ0v) is 16.3. The SMILES string of the molecule is CCOc1c(C)cc(-c2ccc(F)c(CN[C@@H](CO)C(C)C)n2)cc1C. The fraction of sp³-hybridized carbons (Fsp3) is 0.476. The molecule has 0 radical (unpaired) electrons. The summed E-state index contributed by atoms with van der Waals surface area (Å²) in [6.45, 7) is 10.9. The van der Waals surface area contributed by atoms with Crippen LogP contribution in [0.5, 0.6) is 5.75 Å². The van der Waals surface area contributed by atoms with Gasteiger partial charge in [0.05, 0.1) is 24.6 Å². The van der Waals surface area contributed by atoms with Crippen LogP contribution in [0.15, 0.2) is 24.3 Å². The molecule has 2 rings (SSSR count). The average Bonchev–Trinajstić information content (AvgIpc) is 2.59. The van der Waals surface area contributed by atoms with Crippen LogP contribution in [0, 0.1) is 25.6 Å². The van der Waals surface area contributed by atoms with Crippen molar-refractivity contribution < 1.29 is 14.2 Å². The van der Waals surface area contributed by atoms with E-state index in [4.69, 9.17) is 4.74 Å². The van der Waals surface area contributed by atoms with Gasteiger partial charge < -0.3 is 15.2 Å². The van der Waals surface area contributed by atoms with E-state index in [0.717, 1.165) is 28.1 Å². The number of aromatic nitrogens is 1. The van der Waals surface area contributed by atoms with E-state index < -0.39 is 0 Å². The van der Waals surface area contributed by atoms with Gasteiger partial charge in [0, 0.05) is 18.2 Å². The van der Waals surface area contributed by atoms with Gasteiger partial charge in [-0.25, -0.2) is 9.37 Å². The number of aliphatic hydroxyl groups excluding tert-OH is 1. The van der Waals surface area contributed by atoms with Crippen molar-refractivity contribution in [3.8, 4) is 17.0 Å². The normalized spacial score (nSPS) is 12.5. The number of aliphatic hydroxyl groups is 1. The van der Waals surface area contributed by atoms with Crippen LogP contribution in [0.2, 0.25) is 0 Å². The number of pyridine rings is 1. The van der Waals surface area contributed by atoms with Gasteiger partial charge in [-0.1, -0.05) is 13.8 Å². The van der Waals surface area contributed by atoms with Gasteiger partial charge >= 0.3 is 0 Å². The molecule has 0 aliphatic carbocycles. The number of halogens is 1. The van der Waals surface area contributed by atoms with Crippen molar-refractivity contribution >= 4 is 0 Å². The molecule has 0 saturated carbocycles. The van der Waals surface area contributed by atoms with Gasteiger partial charge in [-0.2, -0.15) is 0 Å². The number of nitrogens with zero attached hydrogens (tertiary/aromatic N) is 1. The Morgan fingerprint density at radius 2 is 1.85 bits per heavy atom. The third-order valence-electron chi connectivity index (χ3n) is 4.50. The lowest BCUT2D eigenvalue weighted by Crippen LogP contribution is -2.36. The summed E-state index contributed by atoms with van der Waals surface area (Å²) in [5.74, 6) is 0.798. The molecule has 2 N–H and O–H groups in total. The summed E-state index contributed by atoms with van der Waals surface area (Å²) in [5, 5.41) is 12.6. The van der Waals surface area contributed by atoms with Gasteiger partial charge in [-0.3, -0.25) is 0 Å². The molecule has 0 amide bonds. The monoisotopic (exact) mass is 360 g/mol. The van der Waals surface area contributed by atoms with E-state index >= 15 is 0 Å². The second-order valence-corrected chi connectivity index (χ2v) is 6.91. The lowest BCUT2D eigenvalue weighted by Gasteiger charge is -2.20. The Hall–Kier alpha value is -1.98. The summed E-state index contributed by atoms with van der Waals surface area (Å²) in [6, 6.07) is 7.08. The van der Waals surface area contributed by atoms with E-state index in [0.29, 0.717) is 12.3 Å². The molecule has 5 heteroatoms. The largest absolute Gasteiger partial charge is 0.493 e. The Kier molecular flexibility index (Phi) is 7.12. The first kappa shape index (κ1) is 20.3. The number of hydrogen-bond acceptors (Lipinski definition) is 4. The maximum atomic E-state index is 14.2. The van der Waals surface area contributed by atoms with Gasteiger partial charge in [-0.05, 0) is 62.1 Å². The molecule has 2 aromatic rings. The lowest BCUT2D eigenvalue weighted by atomic mass is 10.0. The highest BCUT2D eigenvalue weighted by Crippen LogP contribution is 2.29. The van der Waals surface area contributed by atoms with Gasteiger partial charge in [-0.15, -0.1) is 0 Å². The Morgan fingerprint density at radius 3 is 2.38 bits per heavy atom. The van der Waals surface area contributed by atoms with Crippen molar-refractivity contribution in [2.45, 2.75) is 47.2 Å². The van der Waals surface area contributed by atoms with Crippen LogP contribution in [0.1, 0.15) is 37.6 Å². The molecule has 142 valence electrons. The molecule has 1 aromatic heterocycles. The van der Waals surface area contributed by atoms with E-state index in [1.165, 1.54) is 6.07 Å². The summed E-state index contributed by atoms with van der Waals surface area (Å²) in [5.41, 5.74) is 4.08. The highest BCUT2D eigenvalue weighted by Gasteiger charge is 2.15. The predicted molar refractivity (Wildman–Crippen MR) is 103 cm³/mol. The van der Waals surface area contributed by atoms with Crippen LogP contribution < -0.4 is 10.1 Å². The average molecular weight is 360 g/mol. The maximum Gasteiger partial charge on any atom is 0.146 e. The smallest absolute Gasteiger partial charge is 0.146 e. The molecular weight excluding hydrogens is 331 g/mol. The first-order chi connectivity index (χ1) is 12.4. The van der Waals surface area contributed by atoms with Crippen LogP contribution >= 0.6 is 0 Å². The third kappa shape index (κ3) is 4.80. The minimum atomic E-state index is -0.346. The molecule has 1 aromatic carbocycles. The van der Waals surface area contributed by atoms with Crippen molar-refractivity contribution in [2.24, 2.45) is 5.92 Å².